The van der Waals surface area contributed by atoms with Gasteiger partial charge in [0.25, 0.3) is 0 Å². The number of hydrogen-bond donors (Lipinski definition) is 1. The summed E-state index contributed by atoms with van der Waals surface area (Å²) in [6, 6.07) is 5.74. The van der Waals surface area contributed by atoms with Crippen LogP contribution in [0.25, 0.3) is 0 Å². The first-order chi connectivity index (χ1) is 11.7. The van der Waals surface area contributed by atoms with E-state index in [2.05, 4.69) is 10.2 Å². The molecule has 6 heteroatoms. The van der Waals surface area contributed by atoms with Crippen LogP contribution in [0.2, 0.25) is 0 Å². The molecule has 3 rings (SSSR count). The van der Waals surface area contributed by atoms with Gasteiger partial charge >= 0.3 is 0 Å². The number of carbonyl (C=O) groups is 1. The predicted molar refractivity (Wildman–Crippen MR) is 91.7 cm³/mol. The SMILES string of the molecule is COc1ccc(OC)c(NC(=O)CN2CCOC3CCCCC32)c1. The van der Waals surface area contributed by atoms with E-state index in [4.69, 9.17) is 14.2 Å². The number of methoxy groups -OCH3 is 2. The second-order valence-electron chi connectivity index (χ2n) is 6.35. The fourth-order valence-electron chi connectivity index (χ4n) is 3.66. The van der Waals surface area contributed by atoms with Gasteiger partial charge < -0.3 is 19.5 Å². The minimum absolute atomic E-state index is 0.0345. The van der Waals surface area contributed by atoms with Gasteiger partial charge in [0.05, 0.1) is 39.2 Å². The molecule has 1 saturated heterocycles. The zero-order chi connectivity index (χ0) is 16.9. The molecule has 1 aromatic rings. The van der Waals surface area contributed by atoms with Crippen LogP contribution in [0.3, 0.4) is 0 Å². The minimum Gasteiger partial charge on any atom is -0.497 e. The summed E-state index contributed by atoms with van der Waals surface area (Å²) < 4.78 is 16.4. The van der Waals surface area contributed by atoms with Crippen LogP contribution in [0.15, 0.2) is 18.2 Å². The average molecular weight is 334 g/mol. The first kappa shape index (κ1) is 17.0. The molecule has 2 atom stereocenters. The van der Waals surface area contributed by atoms with Crippen molar-refractivity contribution in [3.8, 4) is 11.5 Å². The minimum atomic E-state index is -0.0345. The number of morpholine rings is 1. The van der Waals surface area contributed by atoms with Crippen LogP contribution in [-0.4, -0.2) is 56.9 Å². The highest BCUT2D eigenvalue weighted by Gasteiger charge is 2.34. The largest absolute Gasteiger partial charge is 0.497 e. The molecule has 0 bridgehead atoms. The van der Waals surface area contributed by atoms with Gasteiger partial charge in [0.1, 0.15) is 11.5 Å². The van der Waals surface area contributed by atoms with Crippen LogP contribution in [0.4, 0.5) is 5.69 Å². The molecule has 1 aliphatic heterocycles. The van der Waals surface area contributed by atoms with Crippen LogP contribution in [0, 0.1) is 0 Å². The van der Waals surface area contributed by atoms with Crippen molar-refractivity contribution < 1.29 is 19.0 Å². The molecule has 2 fully saturated rings. The number of benzene rings is 1. The maximum Gasteiger partial charge on any atom is 0.238 e. The smallest absolute Gasteiger partial charge is 0.238 e. The topological polar surface area (TPSA) is 60.0 Å². The van der Waals surface area contributed by atoms with E-state index >= 15 is 0 Å². The monoisotopic (exact) mass is 334 g/mol. The van der Waals surface area contributed by atoms with Gasteiger partial charge in [-0.3, -0.25) is 9.69 Å². The third kappa shape index (κ3) is 3.82. The van der Waals surface area contributed by atoms with Crippen molar-refractivity contribution in [2.75, 3.05) is 39.2 Å². The number of nitrogens with zero attached hydrogens (tertiary/aromatic N) is 1. The number of amides is 1. The standard InChI is InChI=1S/C18H26N2O4/c1-22-13-7-8-16(23-2)14(11-13)19-18(21)12-20-9-10-24-17-6-4-3-5-15(17)20/h7-8,11,15,17H,3-6,9-10,12H2,1-2H3,(H,19,21). The zero-order valence-electron chi connectivity index (χ0n) is 14.4. The second kappa shape index (κ2) is 7.85. The lowest BCUT2D eigenvalue weighted by Gasteiger charge is -2.43. The molecule has 0 aromatic heterocycles. The van der Waals surface area contributed by atoms with Crippen molar-refractivity contribution in [2.24, 2.45) is 0 Å². The maximum atomic E-state index is 12.5. The van der Waals surface area contributed by atoms with Crippen molar-refractivity contribution in [3.05, 3.63) is 18.2 Å². The number of nitrogens with one attached hydrogen (secondary N) is 1. The number of hydrogen-bond acceptors (Lipinski definition) is 5. The number of anilines is 1. The van der Waals surface area contributed by atoms with E-state index in [1.807, 2.05) is 6.07 Å². The third-order valence-electron chi connectivity index (χ3n) is 4.87. The average Bonchev–Trinajstić information content (AvgIpc) is 2.62. The quantitative estimate of drug-likeness (QED) is 0.895. The third-order valence-corrected chi connectivity index (χ3v) is 4.87. The highest BCUT2D eigenvalue weighted by Crippen LogP contribution is 2.30. The lowest BCUT2D eigenvalue weighted by atomic mass is 9.90. The molecule has 6 nitrogen and oxygen atoms in total. The van der Waals surface area contributed by atoms with Gasteiger partial charge in [-0.15, -0.1) is 0 Å². The van der Waals surface area contributed by atoms with Crippen LogP contribution in [-0.2, 0) is 9.53 Å². The van der Waals surface area contributed by atoms with E-state index in [0.29, 0.717) is 36.4 Å². The molecule has 1 amide bonds. The normalized spacial score (nSPS) is 24.1. The Labute approximate surface area is 143 Å². The highest BCUT2D eigenvalue weighted by molar-refractivity contribution is 5.94. The van der Waals surface area contributed by atoms with Gasteiger partial charge in [-0.25, -0.2) is 0 Å². The molecular weight excluding hydrogens is 308 g/mol. The fraction of sp³-hybridized carbons (Fsp3) is 0.611. The van der Waals surface area contributed by atoms with E-state index in [1.54, 1.807) is 26.4 Å². The molecule has 1 aromatic carbocycles. The Hall–Kier alpha value is -1.79. The molecule has 0 spiro atoms. The molecule has 1 N–H and O–H groups in total. The predicted octanol–water partition coefficient (Wildman–Crippen LogP) is 2.29. The number of carbonyl (C=O) groups excluding carboxylic acids is 1. The van der Waals surface area contributed by atoms with Crippen molar-refractivity contribution in [1.29, 1.82) is 0 Å². The van der Waals surface area contributed by atoms with Crippen LogP contribution >= 0.6 is 0 Å². The molecule has 132 valence electrons. The maximum absolute atomic E-state index is 12.5. The fourth-order valence-corrected chi connectivity index (χ4v) is 3.66. The van der Waals surface area contributed by atoms with Crippen LogP contribution < -0.4 is 14.8 Å². The van der Waals surface area contributed by atoms with Gasteiger partial charge in [-0.1, -0.05) is 12.8 Å². The summed E-state index contributed by atoms with van der Waals surface area (Å²) >= 11 is 0. The Bertz CT molecular complexity index is 576. The van der Waals surface area contributed by atoms with E-state index in [-0.39, 0.29) is 12.0 Å². The summed E-state index contributed by atoms with van der Waals surface area (Å²) in [4.78, 5) is 14.8. The summed E-state index contributed by atoms with van der Waals surface area (Å²) in [6.45, 7) is 1.89. The van der Waals surface area contributed by atoms with E-state index in [0.717, 1.165) is 19.4 Å². The number of ether oxygens (including phenoxy) is 3. The summed E-state index contributed by atoms with van der Waals surface area (Å²) in [7, 11) is 3.19. The second-order valence-corrected chi connectivity index (χ2v) is 6.35. The Morgan fingerprint density at radius 1 is 1.29 bits per heavy atom. The Morgan fingerprint density at radius 2 is 2.12 bits per heavy atom. The molecule has 0 radical (unpaired) electrons. The first-order valence-corrected chi connectivity index (χ1v) is 8.59. The van der Waals surface area contributed by atoms with Gasteiger partial charge in [0.2, 0.25) is 5.91 Å². The molecule has 1 heterocycles. The Kier molecular flexibility index (Phi) is 5.58. The summed E-state index contributed by atoms with van der Waals surface area (Å²) in [5.41, 5.74) is 0.635. The highest BCUT2D eigenvalue weighted by atomic mass is 16.5. The van der Waals surface area contributed by atoms with Gasteiger partial charge in [-0.05, 0) is 25.0 Å². The van der Waals surface area contributed by atoms with Crippen molar-refractivity contribution >= 4 is 11.6 Å². The first-order valence-electron chi connectivity index (χ1n) is 8.59. The number of rotatable bonds is 5. The summed E-state index contributed by atoms with van der Waals surface area (Å²) in [5, 5.41) is 2.95. The van der Waals surface area contributed by atoms with Gasteiger partial charge in [0.15, 0.2) is 0 Å². The van der Waals surface area contributed by atoms with E-state index in [9.17, 15) is 4.79 Å². The molecule has 2 aliphatic rings. The van der Waals surface area contributed by atoms with Crippen molar-refractivity contribution in [1.82, 2.24) is 4.90 Å². The number of fused-ring (bicyclic) bond motifs is 1. The van der Waals surface area contributed by atoms with E-state index < -0.39 is 0 Å². The Balaban J connectivity index is 1.65. The molecular formula is C18H26N2O4. The van der Waals surface area contributed by atoms with Crippen LogP contribution in [0.5, 0.6) is 11.5 Å². The Morgan fingerprint density at radius 3 is 2.92 bits per heavy atom. The molecule has 24 heavy (non-hydrogen) atoms. The summed E-state index contributed by atoms with van der Waals surface area (Å²) in [5.74, 6) is 1.28. The van der Waals surface area contributed by atoms with Crippen molar-refractivity contribution in [3.63, 3.8) is 0 Å². The lowest BCUT2D eigenvalue weighted by molar-refractivity contribution is -0.124. The molecule has 2 unspecified atom stereocenters. The van der Waals surface area contributed by atoms with E-state index in [1.165, 1.54) is 12.8 Å². The molecule has 1 saturated carbocycles. The lowest BCUT2D eigenvalue weighted by Crippen LogP contribution is -2.54. The van der Waals surface area contributed by atoms with Gasteiger partial charge in [0, 0.05) is 18.7 Å². The summed E-state index contributed by atoms with van der Waals surface area (Å²) in [6.07, 6.45) is 4.94. The van der Waals surface area contributed by atoms with Crippen LogP contribution in [0.1, 0.15) is 25.7 Å². The van der Waals surface area contributed by atoms with Gasteiger partial charge in [-0.2, -0.15) is 0 Å². The van der Waals surface area contributed by atoms with Crippen molar-refractivity contribution in [2.45, 2.75) is 37.8 Å². The zero-order valence-corrected chi connectivity index (χ0v) is 14.4. The molecule has 1 aliphatic carbocycles.